The number of hydrogen-bond donors (Lipinski definition) is 2. The van der Waals surface area contributed by atoms with Gasteiger partial charge >= 0.3 is 0 Å². The van der Waals surface area contributed by atoms with E-state index in [0.29, 0.717) is 40.6 Å². The molecule has 3 nitrogen and oxygen atoms in total. The van der Waals surface area contributed by atoms with Gasteiger partial charge in [-0.2, -0.15) is 0 Å². The fourth-order valence-corrected chi connectivity index (χ4v) is 4.62. The number of fused-ring (bicyclic) bond motifs is 1. The maximum atomic E-state index is 5.64. The van der Waals surface area contributed by atoms with Gasteiger partial charge in [0, 0.05) is 19.1 Å². The quantitative estimate of drug-likeness (QED) is 0.810. The Hall–Kier alpha value is 0.230. The molecule has 6 atom stereocenters. The van der Waals surface area contributed by atoms with Gasteiger partial charge in [-0.05, 0) is 32.2 Å². The van der Waals surface area contributed by atoms with Gasteiger partial charge in [0.2, 0.25) is 0 Å². The highest BCUT2D eigenvalue weighted by atomic mass is 32.2. The highest BCUT2D eigenvalue weighted by molar-refractivity contribution is 8.00. The number of ether oxygens (including phenoxy) is 1. The Bertz CT molecular complexity index is 262. The molecule has 2 N–H and O–H groups in total. The average molecular weight is 258 g/mol. The van der Waals surface area contributed by atoms with Gasteiger partial charge < -0.3 is 10.1 Å². The standard InChI is InChI=1S/C13H26N2OS/c1-7(2)10-6-14-13-12(15-9(4)17-13)11(10)8(3)16-5/h7-15H,6H2,1-5H3. The Morgan fingerprint density at radius 2 is 2.00 bits per heavy atom. The minimum Gasteiger partial charge on any atom is -0.381 e. The molecule has 2 rings (SSSR count). The molecule has 2 heterocycles. The van der Waals surface area contributed by atoms with Crippen LogP contribution in [0.15, 0.2) is 0 Å². The first-order chi connectivity index (χ1) is 8.04. The number of hydrogen-bond acceptors (Lipinski definition) is 4. The molecule has 0 aliphatic carbocycles. The molecular weight excluding hydrogens is 232 g/mol. The number of thioether (sulfide) groups is 1. The lowest BCUT2D eigenvalue weighted by molar-refractivity contribution is -0.00431. The topological polar surface area (TPSA) is 33.3 Å². The van der Waals surface area contributed by atoms with Crippen molar-refractivity contribution in [3.63, 3.8) is 0 Å². The molecule has 17 heavy (non-hydrogen) atoms. The molecule has 4 heteroatoms. The van der Waals surface area contributed by atoms with Gasteiger partial charge in [0.1, 0.15) is 0 Å². The molecule has 100 valence electrons. The van der Waals surface area contributed by atoms with Gasteiger partial charge in [0.05, 0.1) is 16.9 Å². The molecule has 0 amide bonds. The predicted molar refractivity (Wildman–Crippen MR) is 74.1 cm³/mol. The summed E-state index contributed by atoms with van der Waals surface area (Å²) < 4.78 is 5.64. The lowest BCUT2D eigenvalue weighted by Gasteiger charge is -2.44. The SMILES string of the molecule is COC(C)C1C(C(C)C)CNC2SC(C)NC21. The Morgan fingerprint density at radius 3 is 2.59 bits per heavy atom. The van der Waals surface area contributed by atoms with Crippen molar-refractivity contribution >= 4 is 11.8 Å². The second-order valence-corrected chi connectivity index (χ2v) is 7.21. The summed E-state index contributed by atoms with van der Waals surface area (Å²) in [5, 5.41) is 8.53. The Morgan fingerprint density at radius 1 is 1.29 bits per heavy atom. The van der Waals surface area contributed by atoms with E-state index in [2.05, 4.69) is 38.3 Å². The lowest BCUT2D eigenvalue weighted by atomic mass is 9.74. The van der Waals surface area contributed by atoms with Crippen molar-refractivity contribution in [2.24, 2.45) is 17.8 Å². The molecule has 0 radical (unpaired) electrons. The monoisotopic (exact) mass is 258 g/mol. The Kier molecular flexibility index (Phi) is 4.40. The summed E-state index contributed by atoms with van der Waals surface area (Å²) in [5.41, 5.74) is 0. The number of rotatable bonds is 3. The third kappa shape index (κ3) is 2.65. The van der Waals surface area contributed by atoms with Crippen LogP contribution in [-0.2, 0) is 4.74 Å². The van der Waals surface area contributed by atoms with Crippen LogP contribution in [0.1, 0.15) is 27.7 Å². The van der Waals surface area contributed by atoms with Crippen LogP contribution in [0.2, 0.25) is 0 Å². The maximum Gasteiger partial charge on any atom is 0.0707 e. The van der Waals surface area contributed by atoms with Gasteiger partial charge in [-0.3, -0.25) is 5.32 Å². The van der Waals surface area contributed by atoms with E-state index < -0.39 is 0 Å². The van der Waals surface area contributed by atoms with E-state index in [-0.39, 0.29) is 0 Å². The first kappa shape index (κ1) is 13.7. The van der Waals surface area contributed by atoms with Crippen molar-refractivity contribution in [3.05, 3.63) is 0 Å². The second kappa shape index (κ2) is 5.47. The van der Waals surface area contributed by atoms with Crippen molar-refractivity contribution in [3.8, 4) is 0 Å². The summed E-state index contributed by atoms with van der Waals surface area (Å²) in [7, 11) is 1.84. The molecule has 2 aliphatic rings. The average Bonchev–Trinajstić information content (AvgIpc) is 2.66. The minimum absolute atomic E-state index is 0.329. The van der Waals surface area contributed by atoms with Crippen molar-refractivity contribution in [2.75, 3.05) is 13.7 Å². The first-order valence-corrected chi connectivity index (χ1v) is 7.66. The molecule has 2 saturated heterocycles. The van der Waals surface area contributed by atoms with Crippen molar-refractivity contribution in [1.82, 2.24) is 10.6 Å². The zero-order chi connectivity index (χ0) is 12.6. The fraction of sp³-hybridized carbons (Fsp3) is 1.00. The normalized spacial score (nSPS) is 43.8. The van der Waals surface area contributed by atoms with Crippen LogP contribution in [0.3, 0.4) is 0 Å². The number of nitrogens with one attached hydrogen (secondary N) is 2. The molecule has 2 aliphatic heterocycles. The van der Waals surface area contributed by atoms with Crippen molar-refractivity contribution in [1.29, 1.82) is 0 Å². The molecule has 0 aromatic carbocycles. The van der Waals surface area contributed by atoms with Gasteiger partial charge in [0.15, 0.2) is 0 Å². The van der Waals surface area contributed by atoms with Gasteiger partial charge in [-0.15, -0.1) is 11.8 Å². The molecular formula is C13H26N2OS. The smallest absolute Gasteiger partial charge is 0.0707 e. The van der Waals surface area contributed by atoms with E-state index in [0.717, 1.165) is 6.54 Å². The number of piperidine rings is 1. The summed E-state index contributed by atoms with van der Waals surface area (Å²) in [6.07, 6.45) is 0.329. The van der Waals surface area contributed by atoms with E-state index in [1.54, 1.807) is 0 Å². The summed E-state index contributed by atoms with van der Waals surface area (Å²) in [5.74, 6) is 2.02. The third-order valence-corrected chi connectivity index (χ3v) is 5.64. The summed E-state index contributed by atoms with van der Waals surface area (Å²) in [6, 6.07) is 0.547. The highest BCUT2D eigenvalue weighted by Gasteiger charge is 2.47. The van der Waals surface area contributed by atoms with Crippen LogP contribution in [-0.4, -0.2) is 36.5 Å². The van der Waals surface area contributed by atoms with E-state index >= 15 is 0 Å². The summed E-state index contributed by atoms with van der Waals surface area (Å²) >= 11 is 2.02. The van der Waals surface area contributed by atoms with Gasteiger partial charge in [0.25, 0.3) is 0 Å². The van der Waals surface area contributed by atoms with Crippen LogP contribution in [0.4, 0.5) is 0 Å². The Labute approximate surface area is 109 Å². The zero-order valence-corrected chi connectivity index (χ0v) is 12.4. The summed E-state index contributed by atoms with van der Waals surface area (Å²) in [6.45, 7) is 10.3. The lowest BCUT2D eigenvalue weighted by Crippen LogP contribution is -2.59. The molecule has 0 bridgehead atoms. The van der Waals surface area contributed by atoms with Crippen LogP contribution >= 0.6 is 11.8 Å². The fourth-order valence-electron chi connectivity index (χ4n) is 3.32. The van der Waals surface area contributed by atoms with Crippen molar-refractivity contribution in [2.45, 2.75) is 50.6 Å². The zero-order valence-electron chi connectivity index (χ0n) is 11.6. The Balaban J connectivity index is 2.17. The predicted octanol–water partition coefficient (Wildman–Crippen LogP) is 1.89. The van der Waals surface area contributed by atoms with Crippen LogP contribution in [0.5, 0.6) is 0 Å². The van der Waals surface area contributed by atoms with E-state index in [1.165, 1.54) is 0 Å². The highest BCUT2D eigenvalue weighted by Crippen LogP contribution is 2.40. The first-order valence-electron chi connectivity index (χ1n) is 6.72. The van der Waals surface area contributed by atoms with Crippen molar-refractivity contribution < 1.29 is 4.74 Å². The summed E-state index contributed by atoms with van der Waals surface area (Å²) in [4.78, 5) is 0. The van der Waals surface area contributed by atoms with Crippen LogP contribution < -0.4 is 10.6 Å². The second-order valence-electron chi connectivity index (χ2n) is 5.73. The van der Waals surface area contributed by atoms with E-state index in [1.807, 2.05) is 18.9 Å². The molecule has 0 aromatic heterocycles. The molecule has 0 aromatic rings. The van der Waals surface area contributed by atoms with Crippen LogP contribution in [0.25, 0.3) is 0 Å². The third-order valence-electron chi connectivity index (χ3n) is 4.34. The van der Waals surface area contributed by atoms with E-state index in [9.17, 15) is 0 Å². The molecule has 0 spiro atoms. The van der Waals surface area contributed by atoms with E-state index in [4.69, 9.17) is 4.74 Å². The van der Waals surface area contributed by atoms with Gasteiger partial charge in [-0.1, -0.05) is 13.8 Å². The minimum atomic E-state index is 0.329. The largest absolute Gasteiger partial charge is 0.381 e. The van der Waals surface area contributed by atoms with Gasteiger partial charge in [-0.25, -0.2) is 0 Å². The molecule has 6 unspecified atom stereocenters. The maximum absolute atomic E-state index is 5.64. The molecule has 0 saturated carbocycles. The number of methoxy groups -OCH3 is 1. The molecule has 2 fully saturated rings. The van der Waals surface area contributed by atoms with Crippen LogP contribution in [0, 0.1) is 17.8 Å².